The van der Waals surface area contributed by atoms with Crippen LogP contribution in [0.1, 0.15) is 24.5 Å². The second-order valence-electron chi connectivity index (χ2n) is 5.27. The molecule has 0 saturated heterocycles. The minimum Gasteiger partial charge on any atom is -0.489 e. The van der Waals surface area contributed by atoms with E-state index >= 15 is 0 Å². The van der Waals surface area contributed by atoms with Gasteiger partial charge < -0.3 is 15.2 Å². The fraction of sp³-hybridized carbons (Fsp3) is 0.278. The van der Waals surface area contributed by atoms with Gasteiger partial charge in [-0.2, -0.15) is 0 Å². The van der Waals surface area contributed by atoms with E-state index in [9.17, 15) is 9.90 Å². The summed E-state index contributed by atoms with van der Waals surface area (Å²) >= 11 is 5.94. The van der Waals surface area contributed by atoms with Crippen molar-refractivity contribution in [2.24, 2.45) is 0 Å². The number of benzene rings is 2. The van der Waals surface area contributed by atoms with Crippen LogP contribution in [0.2, 0.25) is 5.02 Å². The van der Waals surface area contributed by atoms with Gasteiger partial charge in [-0.05, 0) is 35.4 Å². The lowest BCUT2D eigenvalue weighted by Crippen LogP contribution is -2.44. The van der Waals surface area contributed by atoms with Crippen LogP contribution in [0.15, 0.2) is 48.5 Å². The minimum absolute atomic E-state index is 0.209. The molecule has 0 aliphatic heterocycles. The number of rotatable bonds is 8. The maximum absolute atomic E-state index is 11.2. The first kappa shape index (κ1) is 18.3. The van der Waals surface area contributed by atoms with Crippen LogP contribution in [0.5, 0.6) is 5.75 Å². The number of carbonyl (C=O) groups excluding carboxylic acids is 1. The van der Waals surface area contributed by atoms with Gasteiger partial charge in [-0.15, -0.1) is 0 Å². The number of halogens is 1. The number of aliphatic hydroxyl groups excluding tert-OH is 1. The van der Waals surface area contributed by atoms with Crippen LogP contribution < -0.4 is 15.4 Å². The van der Waals surface area contributed by atoms with Gasteiger partial charge in [0, 0.05) is 18.0 Å². The van der Waals surface area contributed by atoms with Crippen molar-refractivity contribution in [2.45, 2.75) is 32.8 Å². The SMILES string of the molecule is CCC(=O)N[C@@H](O)NCc1ccc(OCc2cccc(Cl)c2)cc1. The Labute approximate surface area is 146 Å². The number of hydrogen-bond donors (Lipinski definition) is 3. The van der Waals surface area contributed by atoms with Crippen LogP contribution in [-0.4, -0.2) is 17.4 Å². The summed E-state index contributed by atoms with van der Waals surface area (Å²) in [5.74, 6) is 0.540. The van der Waals surface area contributed by atoms with Gasteiger partial charge in [0.2, 0.25) is 5.91 Å². The molecule has 2 rings (SSSR count). The van der Waals surface area contributed by atoms with Crippen molar-refractivity contribution in [3.05, 3.63) is 64.7 Å². The van der Waals surface area contributed by atoms with Gasteiger partial charge >= 0.3 is 0 Å². The molecule has 5 nitrogen and oxygen atoms in total. The quantitative estimate of drug-likeness (QED) is 0.641. The lowest BCUT2D eigenvalue weighted by atomic mass is 10.2. The van der Waals surface area contributed by atoms with Crippen molar-refractivity contribution in [3.63, 3.8) is 0 Å². The first-order valence-electron chi connectivity index (χ1n) is 7.74. The molecular weight excluding hydrogens is 328 g/mol. The molecule has 0 saturated carbocycles. The molecule has 1 amide bonds. The van der Waals surface area contributed by atoms with Crippen molar-refractivity contribution in [1.29, 1.82) is 0 Å². The number of amides is 1. The smallest absolute Gasteiger partial charge is 0.222 e. The topological polar surface area (TPSA) is 70.6 Å². The zero-order valence-electron chi connectivity index (χ0n) is 13.5. The van der Waals surface area contributed by atoms with E-state index in [1.807, 2.05) is 48.5 Å². The Morgan fingerprint density at radius 1 is 1.21 bits per heavy atom. The zero-order valence-corrected chi connectivity index (χ0v) is 14.2. The Hall–Kier alpha value is -2.08. The Kier molecular flexibility index (Phi) is 7.06. The maximum atomic E-state index is 11.2. The first-order chi connectivity index (χ1) is 11.6. The molecule has 24 heavy (non-hydrogen) atoms. The van der Waals surface area contributed by atoms with Crippen molar-refractivity contribution >= 4 is 17.5 Å². The van der Waals surface area contributed by atoms with Crippen molar-refractivity contribution in [3.8, 4) is 5.75 Å². The minimum atomic E-state index is -1.06. The van der Waals surface area contributed by atoms with Gasteiger partial charge in [0.05, 0.1) is 0 Å². The first-order valence-corrected chi connectivity index (χ1v) is 8.11. The van der Waals surface area contributed by atoms with E-state index < -0.39 is 6.35 Å². The molecule has 3 N–H and O–H groups in total. The summed E-state index contributed by atoms with van der Waals surface area (Å²) in [6.07, 6.45) is -0.728. The van der Waals surface area contributed by atoms with Crippen LogP contribution >= 0.6 is 11.6 Å². The zero-order chi connectivity index (χ0) is 17.4. The van der Waals surface area contributed by atoms with Gasteiger partial charge in [0.25, 0.3) is 0 Å². The highest BCUT2D eigenvalue weighted by Crippen LogP contribution is 2.16. The highest BCUT2D eigenvalue weighted by Gasteiger charge is 2.06. The van der Waals surface area contributed by atoms with Crippen LogP contribution in [0, 0.1) is 0 Å². The average molecular weight is 349 g/mol. The second-order valence-corrected chi connectivity index (χ2v) is 5.70. The molecule has 0 aliphatic carbocycles. The third-order valence-corrected chi connectivity index (χ3v) is 3.57. The van der Waals surface area contributed by atoms with E-state index in [1.54, 1.807) is 6.92 Å². The summed E-state index contributed by atoms with van der Waals surface area (Å²) < 4.78 is 5.71. The Morgan fingerprint density at radius 3 is 2.62 bits per heavy atom. The number of carbonyl (C=O) groups is 1. The molecule has 0 fully saturated rings. The lowest BCUT2D eigenvalue weighted by Gasteiger charge is -2.14. The number of hydrogen-bond acceptors (Lipinski definition) is 4. The molecule has 0 radical (unpaired) electrons. The molecule has 2 aromatic rings. The number of aliphatic hydroxyl groups is 1. The third kappa shape index (κ3) is 6.20. The Balaban J connectivity index is 1.79. The summed E-state index contributed by atoms with van der Waals surface area (Å²) in [6.45, 7) is 2.60. The molecule has 1 atom stereocenters. The monoisotopic (exact) mass is 348 g/mol. The van der Waals surface area contributed by atoms with Gasteiger partial charge in [0.15, 0.2) is 6.35 Å². The maximum Gasteiger partial charge on any atom is 0.222 e. The van der Waals surface area contributed by atoms with E-state index in [2.05, 4.69) is 10.6 Å². The Morgan fingerprint density at radius 2 is 1.96 bits per heavy atom. The summed E-state index contributed by atoms with van der Waals surface area (Å²) in [6, 6.07) is 15.0. The van der Waals surface area contributed by atoms with E-state index in [0.29, 0.717) is 24.6 Å². The lowest BCUT2D eigenvalue weighted by molar-refractivity contribution is -0.124. The van der Waals surface area contributed by atoms with Gasteiger partial charge in [-0.1, -0.05) is 42.8 Å². The van der Waals surface area contributed by atoms with E-state index in [4.69, 9.17) is 16.3 Å². The standard InChI is InChI=1S/C18H21ClN2O3/c1-2-17(22)21-18(23)20-11-13-6-8-16(9-7-13)24-12-14-4-3-5-15(19)10-14/h3-10,18,20,23H,2,11-12H2,1H3,(H,21,22)/t18-/m0/s1. The summed E-state index contributed by atoms with van der Waals surface area (Å²) in [5.41, 5.74) is 1.97. The molecule has 2 aromatic carbocycles. The van der Waals surface area contributed by atoms with Crippen LogP contribution in [-0.2, 0) is 17.9 Å². The molecular formula is C18H21ClN2O3. The predicted molar refractivity (Wildman–Crippen MR) is 93.5 cm³/mol. The molecule has 0 aromatic heterocycles. The summed E-state index contributed by atoms with van der Waals surface area (Å²) in [5, 5.41) is 15.5. The molecule has 0 spiro atoms. The molecule has 0 bridgehead atoms. The molecule has 0 heterocycles. The highest BCUT2D eigenvalue weighted by molar-refractivity contribution is 6.30. The van der Waals surface area contributed by atoms with Crippen LogP contribution in [0.4, 0.5) is 0 Å². The number of nitrogens with one attached hydrogen (secondary N) is 2. The van der Waals surface area contributed by atoms with E-state index in [0.717, 1.165) is 16.9 Å². The predicted octanol–water partition coefficient (Wildman–Crippen LogP) is 2.81. The second kappa shape index (κ2) is 9.27. The molecule has 0 unspecified atom stereocenters. The van der Waals surface area contributed by atoms with Gasteiger partial charge in [0.1, 0.15) is 12.4 Å². The van der Waals surface area contributed by atoms with Crippen LogP contribution in [0.3, 0.4) is 0 Å². The normalized spacial score (nSPS) is 11.8. The highest BCUT2D eigenvalue weighted by atomic mass is 35.5. The molecule has 0 aliphatic rings. The third-order valence-electron chi connectivity index (χ3n) is 3.34. The van der Waals surface area contributed by atoms with Crippen molar-refractivity contribution in [2.75, 3.05) is 0 Å². The fourth-order valence-electron chi connectivity index (χ4n) is 2.02. The van der Waals surface area contributed by atoms with E-state index in [1.165, 1.54) is 0 Å². The molecule has 6 heteroatoms. The van der Waals surface area contributed by atoms with Gasteiger partial charge in [-0.25, -0.2) is 0 Å². The van der Waals surface area contributed by atoms with Gasteiger partial charge in [-0.3, -0.25) is 10.1 Å². The largest absolute Gasteiger partial charge is 0.489 e. The van der Waals surface area contributed by atoms with Crippen LogP contribution in [0.25, 0.3) is 0 Å². The van der Waals surface area contributed by atoms with Crippen molar-refractivity contribution in [1.82, 2.24) is 10.6 Å². The van der Waals surface area contributed by atoms with E-state index in [-0.39, 0.29) is 5.91 Å². The summed E-state index contributed by atoms with van der Waals surface area (Å²) in [4.78, 5) is 11.2. The number of ether oxygens (including phenoxy) is 1. The molecule has 128 valence electrons. The average Bonchev–Trinajstić information content (AvgIpc) is 2.59. The summed E-state index contributed by atoms with van der Waals surface area (Å²) in [7, 11) is 0. The van der Waals surface area contributed by atoms with Crippen molar-refractivity contribution < 1.29 is 14.6 Å². The Bertz CT molecular complexity index is 662. The fourth-order valence-corrected chi connectivity index (χ4v) is 2.23.